The summed E-state index contributed by atoms with van der Waals surface area (Å²) in [5.74, 6) is -2.53. The molecule has 0 amide bonds. The Balaban J connectivity index is 0. The Hall–Kier alpha value is -0.658. The molecule has 0 unspecified atom stereocenters. The van der Waals surface area contributed by atoms with Gasteiger partial charge in [-0.05, 0) is 0 Å². The third-order valence-corrected chi connectivity index (χ3v) is 0.783. The van der Waals surface area contributed by atoms with Crippen molar-refractivity contribution < 1.29 is 19.1 Å². The minimum Gasteiger partial charge on any atom is -0.387 e. The molecule has 0 saturated carbocycles. The minimum absolute atomic E-state index is 0. The largest absolute Gasteiger partial charge is 0.387 e. The number of hydrogen-bond acceptors (Lipinski definition) is 4. The van der Waals surface area contributed by atoms with Crippen molar-refractivity contribution in [2.75, 3.05) is 0 Å². The average Bonchev–Trinajstić information content (AvgIpc) is 1.87. The van der Waals surface area contributed by atoms with Gasteiger partial charge in [0.2, 0.25) is 5.78 Å². The van der Waals surface area contributed by atoms with Crippen LogP contribution in [0.2, 0.25) is 0 Å². The molecular formula is C6H11AlO4. The number of rotatable bonds is 2. The highest BCUT2D eigenvalue weighted by Crippen LogP contribution is 1.86. The van der Waals surface area contributed by atoms with Crippen molar-refractivity contribution in [3.8, 4) is 0 Å². The molecule has 0 aliphatic rings. The van der Waals surface area contributed by atoms with Crippen molar-refractivity contribution in [2.24, 2.45) is 0 Å². The molecule has 0 bridgehead atoms. The fourth-order valence-corrected chi connectivity index (χ4v) is 0.247. The van der Waals surface area contributed by atoms with E-state index in [1.54, 1.807) is 0 Å². The second kappa shape index (κ2) is 6.08. The van der Waals surface area contributed by atoms with Gasteiger partial charge >= 0.3 is 11.9 Å². The number of esters is 2. The first-order valence-electron chi connectivity index (χ1n) is 2.83. The van der Waals surface area contributed by atoms with E-state index >= 15 is 0 Å². The van der Waals surface area contributed by atoms with Crippen LogP contribution in [-0.4, -0.2) is 35.1 Å². The molecule has 0 radical (unpaired) electrons. The number of ketones is 1. The Morgan fingerprint density at radius 1 is 1.27 bits per heavy atom. The molecular weight excluding hydrogens is 163 g/mol. The Bertz CT molecular complexity index is 175. The predicted molar refractivity (Wildman–Crippen MR) is 42.0 cm³/mol. The summed E-state index contributed by atoms with van der Waals surface area (Å²) >= 11 is 0. The second-order valence-electron chi connectivity index (χ2n) is 1.67. The maximum absolute atomic E-state index is 10.3. The van der Waals surface area contributed by atoms with Crippen molar-refractivity contribution >= 4 is 35.1 Å². The zero-order valence-electron chi connectivity index (χ0n) is 5.84. The molecule has 0 rings (SSSR count). The summed E-state index contributed by atoms with van der Waals surface area (Å²) < 4.78 is 4.03. The van der Waals surface area contributed by atoms with E-state index < -0.39 is 17.7 Å². The zero-order valence-corrected chi connectivity index (χ0v) is 5.84. The minimum atomic E-state index is -1.09. The lowest BCUT2D eigenvalue weighted by atomic mass is 10.4. The molecule has 0 heterocycles. The van der Waals surface area contributed by atoms with Crippen molar-refractivity contribution in [1.82, 2.24) is 0 Å². The van der Waals surface area contributed by atoms with E-state index in [2.05, 4.69) is 4.74 Å². The normalized spacial score (nSPS) is 7.82. The average molecular weight is 174 g/mol. The summed E-state index contributed by atoms with van der Waals surface area (Å²) in [7, 11) is 0. The smallest absolute Gasteiger partial charge is 0.381 e. The maximum atomic E-state index is 10.3. The first-order chi connectivity index (χ1) is 4.57. The summed E-state index contributed by atoms with van der Waals surface area (Å²) in [4.78, 5) is 30.8. The Labute approximate surface area is 75.0 Å². The van der Waals surface area contributed by atoms with E-state index in [1.165, 1.54) is 6.92 Å². The molecule has 11 heavy (non-hydrogen) atoms. The molecule has 0 aliphatic heterocycles. The topological polar surface area (TPSA) is 60.4 Å². The van der Waals surface area contributed by atoms with E-state index in [9.17, 15) is 14.4 Å². The summed E-state index contributed by atoms with van der Waals surface area (Å²) in [5, 5.41) is 0. The number of carbonyl (C=O) groups is 3. The molecule has 0 aromatic carbocycles. The van der Waals surface area contributed by atoms with E-state index in [4.69, 9.17) is 0 Å². The van der Waals surface area contributed by atoms with Gasteiger partial charge in [0.05, 0.1) is 0 Å². The summed E-state index contributed by atoms with van der Waals surface area (Å²) in [6.45, 7) is 2.58. The molecule has 0 fully saturated rings. The summed E-state index contributed by atoms with van der Waals surface area (Å²) in [6.07, 6.45) is 0.0962. The number of Topliss-reactive ketones (excluding diaryl/α,β-unsaturated/α-hetero) is 1. The SMILES string of the molecule is CCC(=O)OC(=O)C(C)=O.[AlH3]. The third kappa shape index (κ3) is 5.77. The molecule has 0 N–H and O–H groups in total. The molecule has 4 nitrogen and oxygen atoms in total. The summed E-state index contributed by atoms with van der Waals surface area (Å²) in [6, 6.07) is 0. The third-order valence-electron chi connectivity index (χ3n) is 0.783. The van der Waals surface area contributed by atoms with Crippen LogP contribution in [0.1, 0.15) is 20.3 Å². The van der Waals surface area contributed by atoms with Crippen LogP contribution < -0.4 is 0 Å². The molecule has 0 aromatic rings. The fourth-order valence-electron chi connectivity index (χ4n) is 0.247. The van der Waals surface area contributed by atoms with E-state index in [0.29, 0.717) is 0 Å². The van der Waals surface area contributed by atoms with Crippen LogP contribution in [0.5, 0.6) is 0 Å². The van der Waals surface area contributed by atoms with Gasteiger partial charge in [-0.3, -0.25) is 9.59 Å². The Morgan fingerprint density at radius 3 is 2.00 bits per heavy atom. The molecule has 5 heteroatoms. The number of ether oxygens (including phenoxy) is 1. The van der Waals surface area contributed by atoms with Crippen LogP contribution in [-0.2, 0) is 19.1 Å². The van der Waals surface area contributed by atoms with Crippen LogP contribution >= 0.6 is 0 Å². The number of carbonyl (C=O) groups excluding carboxylic acids is 3. The van der Waals surface area contributed by atoms with Gasteiger partial charge in [0.1, 0.15) is 0 Å². The molecule has 0 aromatic heterocycles. The molecule has 0 spiro atoms. The van der Waals surface area contributed by atoms with E-state index in [0.717, 1.165) is 6.92 Å². The van der Waals surface area contributed by atoms with Gasteiger partial charge in [-0.15, -0.1) is 0 Å². The second-order valence-corrected chi connectivity index (χ2v) is 1.67. The van der Waals surface area contributed by atoms with Gasteiger partial charge in [0.15, 0.2) is 17.4 Å². The number of hydrogen-bond donors (Lipinski definition) is 0. The van der Waals surface area contributed by atoms with Gasteiger partial charge in [0, 0.05) is 13.3 Å². The lowest BCUT2D eigenvalue weighted by Crippen LogP contribution is -2.17. The predicted octanol–water partition coefficient (Wildman–Crippen LogP) is -1.13. The molecule has 62 valence electrons. The van der Waals surface area contributed by atoms with Crippen molar-refractivity contribution in [1.29, 1.82) is 0 Å². The molecule has 0 atom stereocenters. The highest BCUT2D eigenvalue weighted by atomic mass is 27.0. The van der Waals surface area contributed by atoms with Crippen molar-refractivity contribution in [3.05, 3.63) is 0 Å². The fraction of sp³-hybridized carbons (Fsp3) is 0.500. The van der Waals surface area contributed by atoms with Crippen LogP contribution in [0.4, 0.5) is 0 Å². The van der Waals surface area contributed by atoms with Crippen molar-refractivity contribution in [2.45, 2.75) is 20.3 Å². The van der Waals surface area contributed by atoms with Gasteiger partial charge < -0.3 is 4.74 Å². The van der Waals surface area contributed by atoms with E-state index in [1.807, 2.05) is 0 Å². The van der Waals surface area contributed by atoms with Crippen LogP contribution in [0, 0.1) is 0 Å². The lowest BCUT2D eigenvalue weighted by molar-refractivity contribution is -0.163. The molecule has 0 aliphatic carbocycles. The summed E-state index contributed by atoms with van der Waals surface area (Å²) in [5.41, 5.74) is 0. The highest BCUT2D eigenvalue weighted by Gasteiger charge is 2.12. The first-order valence-corrected chi connectivity index (χ1v) is 2.83. The van der Waals surface area contributed by atoms with Gasteiger partial charge in [-0.25, -0.2) is 4.79 Å². The van der Waals surface area contributed by atoms with Crippen LogP contribution in [0.3, 0.4) is 0 Å². The first kappa shape index (κ1) is 13.0. The molecule has 0 saturated heterocycles. The van der Waals surface area contributed by atoms with Crippen LogP contribution in [0.25, 0.3) is 0 Å². The lowest BCUT2D eigenvalue weighted by Gasteiger charge is -1.94. The highest BCUT2D eigenvalue weighted by molar-refractivity contribution is 6.34. The Kier molecular flexibility index (Phi) is 7.17. The quantitative estimate of drug-likeness (QED) is 0.230. The van der Waals surface area contributed by atoms with Gasteiger partial charge in [0.25, 0.3) is 0 Å². The Morgan fingerprint density at radius 2 is 1.73 bits per heavy atom. The van der Waals surface area contributed by atoms with E-state index in [-0.39, 0.29) is 23.8 Å². The van der Waals surface area contributed by atoms with Crippen LogP contribution in [0.15, 0.2) is 0 Å². The standard InChI is InChI=1S/C6H8O4.Al.3H/c1-3-5(8)10-6(9)4(2)7;;;;/h3H2,1-2H3;;;;. The van der Waals surface area contributed by atoms with Gasteiger partial charge in [-0.1, -0.05) is 6.92 Å². The monoisotopic (exact) mass is 174 g/mol. The van der Waals surface area contributed by atoms with Gasteiger partial charge in [-0.2, -0.15) is 0 Å². The van der Waals surface area contributed by atoms with Crippen molar-refractivity contribution in [3.63, 3.8) is 0 Å². The zero-order chi connectivity index (χ0) is 8.15. The maximum Gasteiger partial charge on any atom is 0.381 e.